The Morgan fingerprint density at radius 2 is 1.44 bits per heavy atom. The molecule has 3 aromatic carbocycles. The fourth-order valence-electron chi connectivity index (χ4n) is 4.33. The summed E-state index contributed by atoms with van der Waals surface area (Å²) < 4.78 is 16.2. The molecule has 36 heavy (non-hydrogen) atoms. The maximum absolute atomic E-state index is 13.8. The van der Waals surface area contributed by atoms with Crippen molar-refractivity contribution in [3.63, 3.8) is 0 Å². The molecule has 0 radical (unpaired) electrons. The molecule has 0 aliphatic rings. The zero-order chi connectivity index (χ0) is 25.8. The van der Waals surface area contributed by atoms with Crippen molar-refractivity contribution in [1.29, 1.82) is 0 Å². The van der Waals surface area contributed by atoms with Crippen molar-refractivity contribution in [3.05, 3.63) is 98.8 Å². The third-order valence-electron chi connectivity index (χ3n) is 6.35. The molecule has 4 rings (SSSR count). The Hall–Kier alpha value is -4.26. The van der Waals surface area contributed by atoms with Crippen LogP contribution in [0.15, 0.2) is 65.5 Å². The molecule has 0 aliphatic carbocycles. The van der Waals surface area contributed by atoms with Gasteiger partial charge in [-0.25, -0.2) is 0 Å². The van der Waals surface area contributed by atoms with Crippen LogP contribution in [0.5, 0.6) is 17.2 Å². The topological polar surface area (TPSA) is 80.9 Å². The normalized spacial score (nSPS) is 10.8. The van der Waals surface area contributed by atoms with Crippen LogP contribution >= 0.6 is 0 Å². The Kier molecular flexibility index (Phi) is 7.29. The molecule has 7 heteroatoms. The highest BCUT2D eigenvalue weighted by atomic mass is 16.5. The Labute approximate surface area is 210 Å². The fraction of sp³-hybridized carbons (Fsp3) is 0.241. The molecular weight excluding hydrogens is 456 g/mol. The van der Waals surface area contributed by atoms with Gasteiger partial charge in [0.1, 0.15) is 5.75 Å². The SMILES string of the molecule is COc1ccccc1CN(Cc1cc2c(C)ccc(C)c2[nH]c1=O)C(=O)c1ccc(OC)c(OC)c1. The van der Waals surface area contributed by atoms with E-state index >= 15 is 0 Å². The van der Waals surface area contributed by atoms with Gasteiger partial charge < -0.3 is 24.1 Å². The molecule has 4 aromatic rings. The molecule has 186 valence electrons. The summed E-state index contributed by atoms with van der Waals surface area (Å²) in [5.41, 5.74) is 4.39. The maximum atomic E-state index is 13.8. The van der Waals surface area contributed by atoms with E-state index < -0.39 is 0 Å². The van der Waals surface area contributed by atoms with Crippen molar-refractivity contribution in [2.24, 2.45) is 0 Å². The molecule has 0 unspecified atom stereocenters. The smallest absolute Gasteiger partial charge is 0.254 e. The summed E-state index contributed by atoms with van der Waals surface area (Å²) in [6.45, 7) is 4.34. The molecule has 0 aliphatic heterocycles. The van der Waals surface area contributed by atoms with Crippen LogP contribution in [0.4, 0.5) is 0 Å². The van der Waals surface area contributed by atoms with Crippen LogP contribution in [0.1, 0.15) is 32.6 Å². The number of aromatic amines is 1. The van der Waals surface area contributed by atoms with Crippen LogP contribution in [-0.4, -0.2) is 37.1 Å². The summed E-state index contributed by atoms with van der Waals surface area (Å²) in [6, 6.07) is 18.5. The fourth-order valence-corrected chi connectivity index (χ4v) is 4.33. The number of nitrogens with zero attached hydrogens (tertiary/aromatic N) is 1. The van der Waals surface area contributed by atoms with Gasteiger partial charge >= 0.3 is 0 Å². The number of aryl methyl sites for hydroxylation is 2. The number of amides is 1. The summed E-state index contributed by atoms with van der Waals surface area (Å²) >= 11 is 0. The lowest BCUT2D eigenvalue weighted by Crippen LogP contribution is -2.32. The van der Waals surface area contributed by atoms with Gasteiger partial charge in [0.05, 0.1) is 33.4 Å². The first-order valence-corrected chi connectivity index (χ1v) is 11.6. The van der Waals surface area contributed by atoms with Crippen molar-refractivity contribution in [2.75, 3.05) is 21.3 Å². The van der Waals surface area contributed by atoms with Gasteiger partial charge in [-0.1, -0.05) is 30.3 Å². The van der Waals surface area contributed by atoms with Crippen molar-refractivity contribution in [1.82, 2.24) is 9.88 Å². The number of methoxy groups -OCH3 is 3. The number of para-hydroxylation sites is 1. The Balaban J connectivity index is 1.78. The van der Waals surface area contributed by atoms with Crippen LogP contribution < -0.4 is 19.8 Å². The van der Waals surface area contributed by atoms with Gasteiger partial charge in [-0.3, -0.25) is 9.59 Å². The van der Waals surface area contributed by atoms with E-state index in [0.29, 0.717) is 28.4 Å². The molecule has 0 atom stereocenters. The quantitative estimate of drug-likeness (QED) is 0.379. The van der Waals surface area contributed by atoms with Crippen LogP contribution in [0.2, 0.25) is 0 Å². The van der Waals surface area contributed by atoms with Gasteiger partial charge in [0.2, 0.25) is 0 Å². The number of carbonyl (C=O) groups excluding carboxylic acids is 1. The number of aromatic nitrogens is 1. The first-order chi connectivity index (χ1) is 17.4. The summed E-state index contributed by atoms with van der Waals surface area (Å²) in [5.74, 6) is 1.40. The number of hydrogen-bond donors (Lipinski definition) is 1. The van der Waals surface area contributed by atoms with E-state index in [9.17, 15) is 9.59 Å². The van der Waals surface area contributed by atoms with Gasteiger partial charge in [0.15, 0.2) is 11.5 Å². The highest BCUT2D eigenvalue weighted by molar-refractivity contribution is 5.95. The third kappa shape index (κ3) is 4.91. The van der Waals surface area contributed by atoms with Gasteiger partial charge in [-0.15, -0.1) is 0 Å². The second-order valence-corrected chi connectivity index (χ2v) is 8.65. The summed E-state index contributed by atoms with van der Waals surface area (Å²) in [7, 11) is 4.67. The number of fused-ring (bicyclic) bond motifs is 1. The number of ether oxygens (including phenoxy) is 3. The molecule has 1 amide bonds. The third-order valence-corrected chi connectivity index (χ3v) is 6.35. The van der Waals surface area contributed by atoms with E-state index in [1.165, 1.54) is 7.11 Å². The highest BCUT2D eigenvalue weighted by Gasteiger charge is 2.22. The van der Waals surface area contributed by atoms with E-state index in [-0.39, 0.29) is 24.6 Å². The molecule has 0 bridgehead atoms. The number of pyridine rings is 1. The zero-order valence-corrected chi connectivity index (χ0v) is 21.2. The zero-order valence-electron chi connectivity index (χ0n) is 21.2. The van der Waals surface area contributed by atoms with Crippen LogP contribution in [-0.2, 0) is 13.1 Å². The minimum Gasteiger partial charge on any atom is -0.496 e. The van der Waals surface area contributed by atoms with Gasteiger partial charge in [-0.05, 0) is 55.3 Å². The molecule has 0 fully saturated rings. The minimum absolute atomic E-state index is 0.115. The standard InChI is InChI=1S/C29H30N2O5/c1-18-10-11-19(2)27-23(18)14-22(28(32)30-27)17-31(16-21-8-6-7-9-24(21)34-3)29(33)20-12-13-25(35-4)26(15-20)36-5/h6-15H,16-17H2,1-5H3,(H,30,32). The number of carbonyl (C=O) groups is 1. The van der Waals surface area contributed by atoms with Gasteiger partial charge in [-0.2, -0.15) is 0 Å². The van der Waals surface area contributed by atoms with Crippen LogP contribution in [0, 0.1) is 13.8 Å². The Morgan fingerprint density at radius 3 is 2.17 bits per heavy atom. The number of nitrogens with one attached hydrogen (secondary N) is 1. The molecule has 0 saturated heterocycles. The first kappa shape index (κ1) is 24.9. The van der Waals surface area contributed by atoms with E-state index in [1.807, 2.05) is 56.3 Å². The average Bonchev–Trinajstić information content (AvgIpc) is 2.90. The molecule has 1 heterocycles. The monoisotopic (exact) mass is 486 g/mol. The lowest BCUT2D eigenvalue weighted by Gasteiger charge is -2.24. The van der Waals surface area contributed by atoms with Crippen LogP contribution in [0.3, 0.4) is 0 Å². The van der Waals surface area contributed by atoms with Crippen molar-refractivity contribution >= 4 is 16.8 Å². The predicted octanol–water partition coefficient (Wildman–Crippen LogP) is 5.01. The summed E-state index contributed by atoms with van der Waals surface area (Å²) in [5, 5.41) is 0.959. The molecule has 1 aromatic heterocycles. The average molecular weight is 487 g/mol. The Morgan fingerprint density at radius 1 is 0.778 bits per heavy atom. The van der Waals surface area contributed by atoms with Crippen molar-refractivity contribution in [3.8, 4) is 17.2 Å². The largest absolute Gasteiger partial charge is 0.496 e. The van der Waals surface area contributed by atoms with E-state index in [1.54, 1.807) is 37.3 Å². The van der Waals surface area contributed by atoms with E-state index in [2.05, 4.69) is 4.98 Å². The van der Waals surface area contributed by atoms with E-state index in [0.717, 1.165) is 27.6 Å². The number of rotatable bonds is 8. The lowest BCUT2D eigenvalue weighted by molar-refractivity contribution is 0.0728. The number of benzene rings is 3. The van der Waals surface area contributed by atoms with Gasteiger partial charge in [0.25, 0.3) is 11.5 Å². The second-order valence-electron chi connectivity index (χ2n) is 8.65. The van der Waals surface area contributed by atoms with Crippen molar-refractivity contribution < 1.29 is 19.0 Å². The molecular formula is C29H30N2O5. The predicted molar refractivity (Wildman–Crippen MR) is 140 cm³/mol. The second kappa shape index (κ2) is 10.6. The van der Waals surface area contributed by atoms with Crippen LogP contribution in [0.25, 0.3) is 10.9 Å². The number of hydrogen-bond acceptors (Lipinski definition) is 5. The Bertz CT molecular complexity index is 1470. The minimum atomic E-state index is -0.248. The molecule has 7 nitrogen and oxygen atoms in total. The highest BCUT2D eigenvalue weighted by Crippen LogP contribution is 2.29. The molecule has 0 saturated carbocycles. The first-order valence-electron chi connectivity index (χ1n) is 11.6. The summed E-state index contributed by atoms with van der Waals surface area (Å²) in [4.78, 5) is 31.5. The maximum Gasteiger partial charge on any atom is 0.254 e. The van der Waals surface area contributed by atoms with Gasteiger partial charge in [0, 0.05) is 28.6 Å². The molecule has 1 N–H and O–H groups in total. The summed E-state index contributed by atoms with van der Waals surface area (Å²) in [6.07, 6.45) is 0. The van der Waals surface area contributed by atoms with E-state index in [4.69, 9.17) is 14.2 Å². The molecule has 0 spiro atoms. The van der Waals surface area contributed by atoms with Crippen molar-refractivity contribution in [2.45, 2.75) is 26.9 Å². The number of H-pyrrole nitrogens is 1. The lowest BCUT2D eigenvalue weighted by atomic mass is 10.0.